The summed E-state index contributed by atoms with van der Waals surface area (Å²) in [6.07, 6.45) is 0. The van der Waals surface area contributed by atoms with E-state index in [0.717, 1.165) is 22.5 Å². The molecule has 60 valence electrons. The first-order chi connectivity index (χ1) is 5.16. The minimum atomic E-state index is 0.836. The zero-order valence-corrected chi connectivity index (χ0v) is 7.83. The molecule has 0 saturated heterocycles. The fraction of sp³-hybridized carbons (Fsp3) is 0.333. The first-order valence-corrected chi connectivity index (χ1v) is 4.32. The summed E-state index contributed by atoms with van der Waals surface area (Å²) in [5, 5.41) is 0. The Kier molecular flexibility index (Phi) is 2.58. The monoisotopic (exact) mass is 168 g/mol. The molecule has 0 heterocycles. The van der Waals surface area contributed by atoms with Gasteiger partial charge < -0.3 is 4.55 Å². The van der Waals surface area contributed by atoms with Crippen molar-refractivity contribution < 1.29 is 4.55 Å². The summed E-state index contributed by atoms with van der Waals surface area (Å²) in [6.45, 7) is 6.08. The summed E-state index contributed by atoms with van der Waals surface area (Å²) in [4.78, 5) is 0.991. The molecule has 1 aromatic carbocycles. The SMILES string of the molecule is Cc1ccc(C)c(SO)c1C. The van der Waals surface area contributed by atoms with Gasteiger partial charge in [0.05, 0.1) is 0 Å². The van der Waals surface area contributed by atoms with Crippen molar-refractivity contribution in [1.29, 1.82) is 0 Å². The van der Waals surface area contributed by atoms with Crippen LogP contribution in [0.3, 0.4) is 0 Å². The summed E-state index contributed by atoms with van der Waals surface area (Å²) in [5.74, 6) is 0. The maximum atomic E-state index is 8.94. The van der Waals surface area contributed by atoms with E-state index in [2.05, 4.69) is 13.0 Å². The number of rotatable bonds is 1. The van der Waals surface area contributed by atoms with Gasteiger partial charge in [0.2, 0.25) is 0 Å². The lowest BCUT2D eigenvalue weighted by Crippen LogP contribution is -1.87. The Bertz CT molecular complexity index is 269. The van der Waals surface area contributed by atoms with Crippen LogP contribution in [0.15, 0.2) is 17.0 Å². The Balaban J connectivity index is 3.29. The Labute approximate surface area is 71.7 Å². The summed E-state index contributed by atoms with van der Waals surface area (Å²) < 4.78 is 8.94. The van der Waals surface area contributed by atoms with Gasteiger partial charge in [0.15, 0.2) is 0 Å². The molecule has 0 aromatic heterocycles. The molecule has 0 unspecified atom stereocenters. The van der Waals surface area contributed by atoms with Gasteiger partial charge in [-0.3, -0.25) is 0 Å². The van der Waals surface area contributed by atoms with Crippen molar-refractivity contribution >= 4 is 12.0 Å². The third-order valence-corrected chi connectivity index (χ3v) is 2.78. The van der Waals surface area contributed by atoms with E-state index < -0.39 is 0 Å². The predicted molar refractivity (Wildman–Crippen MR) is 49.1 cm³/mol. The Hall–Kier alpha value is -0.470. The van der Waals surface area contributed by atoms with E-state index in [4.69, 9.17) is 4.55 Å². The van der Waals surface area contributed by atoms with Crippen molar-refractivity contribution in [2.45, 2.75) is 25.7 Å². The Morgan fingerprint density at radius 1 is 1.09 bits per heavy atom. The number of aryl methyl sites for hydroxylation is 2. The molecule has 1 aromatic rings. The summed E-state index contributed by atoms with van der Waals surface area (Å²) in [6, 6.07) is 4.10. The molecule has 0 amide bonds. The van der Waals surface area contributed by atoms with Crippen molar-refractivity contribution in [2.75, 3.05) is 0 Å². The minimum Gasteiger partial charge on any atom is -0.325 e. The number of hydrogen-bond donors (Lipinski definition) is 1. The summed E-state index contributed by atoms with van der Waals surface area (Å²) in [7, 11) is 0. The van der Waals surface area contributed by atoms with Gasteiger partial charge in [-0.05, 0) is 37.5 Å². The first kappa shape index (κ1) is 8.62. The molecule has 0 fully saturated rings. The lowest BCUT2D eigenvalue weighted by molar-refractivity contribution is 0.662. The maximum Gasteiger partial charge on any atom is 0.0411 e. The highest BCUT2D eigenvalue weighted by Crippen LogP contribution is 2.25. The molecule has 0 atom stereocenters. The molecule has 1 nitrogen and oxygen atoms in total. The second kappa shape index (κ2) is 3.28. The van der Waals surface area contributed by atoms with Crippen LogP contribution in [0.4, 0.5) is 0 Å². The molecule has 0 radical (unpaired) electrons. The normalized spacial score (nSPS) is 10.2. The summed E-state index contributed by atoms with van der Waals surface area (Å²) >= 11 is 0.836. The van der Waals surface area contributed by atoms with Crippen molar-refractivity contribution in [3.63, 3.8) is 0 Å². The molecule has 11 heavy (non-hydrogen) atoms. The van der Waals surface area contributed by atoms with Crippen LogP contribution >= 0.6 is 12.0 Å². The largest absolute Gasteiger partial charge is 0.325 e. The highest BCUT2D eigenvalue weighted by atomic mass is 32.2. The molecule has 2 heteroatoms. The van der Waals surface area contributed by atoms with E-state index in [1.807, 2.05) is 19.9 Å². The zero-order chi connectivity index (χ0) is 8.43. The molecule has 1 N–H and O–H groups in total. The molecule has 0 spiro atoms. The van der Waals surface area contributed by atoms with Crippen LogP contribution < -0.4 is 0 Å². The van der Waals surface area contributed by atoms with Crippen LogP contribution in [0.1, 0.15) is 16.7 Å². The average molecular weight is 168 g/mol. The second-order valence-electron chi connectivity index (χ2n) is 2.74. The van der Waals surface area contributed by atoms with E-state index in [9.17, 15) is 0 Å². The maximum absolute atomic E-state index is 8.94. The highest BCUT2D eigenvalue weighted by molar-refractivity contribution is 7.93. The Morgan fingerprint density at radius 3 is 2.09 bits per heavy atom. The van der Waals surface area contributed by atoms with Crippen molar-refractivity contribution in [3.8, 4) is 0 Å². The molecule has 0 aliphatic carbocycles. The second-order valence-corrected chi connectivity index (χ2v) is 3.34. The van der Waals surface area contributed by atoms with E-state index in [0.29, 0.717) is 0 Å². The van der Waals surface area contributed by atoms with Crippen LogP contribution in [0.5, 0.6) is 0 Å². The van der Waals surface area contributed by atoms with Gasteiger partial charge in [0.25, 0.3) is 0 Å². The van der Waals surface area contributed by atoms with Crippen LogP contribution in [-0.4, -0.2) is 4.55 Å². The molecular weight excluding hydrogens is 156 g/mol. The minimum absolute atomic E-state index is 0.836. The van der Waals surface area contributed by atoms with E-state index in [1.54, 1.807) is 0 Å². The van der Waals surface area contributed by atoms with Gasteiger partial charge in [-0.1, -0.05) is 12.1 Å². The van der Waals surface area contributed by atoms with Crippen LogP contribution in [0, 0.1) is 20.8 Å². The standard InChI is InChI=1S/C9H12OS/c1-6-4-5-7(2)9(11-10)8(6)3/h4-5,10H,1-3H3. The average Bonchev–Trinajstić information content (AvgIpc) is 1.99. The van der Waals surface area contributed by atoms with Crippen LogP contribution in [0.25, 0.3) is 0 Å². The quantitative estimate of drug-likeness (QED) is 0.650. The third kappa shape index (κ3) is 1.57. The topological polar surface area (TPSA) is 20.2 Å². The fourth-order valence-corrected chi connectivity index (χ4v) is 1.58. The van der Waals surface area contributed by atoms with E-state index >= 15 is 0 Å². The Morgan fingerprint density at radius 2 is 1.64 bits per heavy atom. The predicted octanol–water partition coefficient (Wildman–Crippen LogP) is 3.18. The molecule has 0 aliphatic heterocycles. The van der Waals surface area contributed by atoms with Gasteiger partial charge in [0, 0.05) is 16.9 Å². The van der Waals surface area contributed by atoms with Crippen LogP contribution in [0.2, 0.25) is 0 Å². The molecule has 0 saturated carbocycles. The van der Waals surface area contributed by atoms with Gasteiger partial charge in [-0.2, -0.15) is 0 Å². The molecule has 0 aliphatic rings. The van der Waals surface area contributed by atoms with Gasteiger partial charge >= 0.3 is 0 Å². The van der Waals surface area contributed by atoms with E-state index in [1.165, 1.54) is 11.1 Å². The van der Waals surface area contributed by atoms with E-state index in [-0.39, 0.29) is 0 Å². The van der Waals surface area contributed by atoms with Crippen molar-refractivity contribution in [2.24, 2.45) is 0 Å². The molecule has 1 rings (SSSR count). The van der Waals surface area contributed by atoms with Crippen molar-refractivity contribution in [1.82, 2.24) is 0 Å². The zero-order valence-electron chi connectivity index (χ0n) is 7.01. The lowest BCUT2D eigenvalue weighted by Gasteiger charge is -2.07. The lowest BCUT2D eigenvalue weighted by atomic mass is 10.1. The molecular formula is C9H12OS. The number of hydrogen-bond acceptors (Lipinski definition) is 2. The fourth-order valence-electron chi connectivity index (χ4n) is 1.07. The smallest absolute Gasteiger partial charge is 0.0411 e. The number of benzene rings is 1. The molecule has 0 bridgehead atoms. The van der Waals surface area contributed by atoms with Crippen LogP contribution in [-0.2, 0) is 0 Å². The summed E-state index contributed by atoms with van der Waals surface area (Å²) in [5.41, 5.74) is 3.55. The third-order valence-electron chi connectivity index (χ3n) is 1.96. The first-order valence-electron chi connectivity index (χ1n) is 3.55. The highest BCUT2D eigenvalue weighted by Gasteiger charge is 2.03. The van der Waals surface area contributed by atoms with Gasteiger partial charge in [0.1, 0.15) is 0 Å². The van der Waals surface area contributed by atoms with Gasteiger partial charge in [-0.25, -0.2) is 0 Å². The van der Waals surface area contributed by atoms with Crippen molar-refractivity contribution in [3.05, 3.63) is 28.8 Å². The van der Waals surface area contributed by atoms with Gasteiger partial charge in [-0.15, -0.1) is 0 Å².